The molecule has 0 aromatic carbocycles. The number of rotatable bonds is 6. The van der Waals surface area contributed by atoms with Gasteiger partial charge in [-0.05, 0) is 18.8 Å². The van der Waals surface area contributed by atoms with Gasteiger partial charge in [0.15, 0.2) is 0 Å². The highest BCUT2D eigenvalue weighted by Gasteiger charge is 2.28. The number of hydrogen-bond donors (Lipinski definition) is 0. The SMILES string of the molecule is CCCc1nccn1CN1CC(CCC)CC1=O. The highest BCUT2D eigenvalue weighted by atomic mass is 16.2. The zero-order valence-corrected chi connectivity index (χ0v) is 11.4. The minimum Gasteiger partial charge on any atom is -0.324 e. The van der Waals surface area contributed by atoms with Crippen LogP contribution in [0.5, 0.6) is 0 Å². The molecule has 0 N–H and O–H groups in total. The van der Waals surface area contributed by atoms with Crippen LogP contribution in [-0.4, -0.2) is 26.9 Å². The van der Waals surface area contributed by atoms with Crippen molar-refractivity contribution in [1.29, 1.82) is 0 Å². The van der Waals surface area contributed by atoms with E-state index in [1.54, 1.807) is 0 Å². The van der Waals surface area contributed by atoms with Gasteiger partial charge >= 0.3 is 0 Å². The molecule has 1 unspecified atom stereocenters. The van der Waals surface area contributed by atoms with Gasteiger partial charge in [-0.25, -0.2) is 4.98 Å². The molecule has 1 saturated heterocycles. The van der Waals surface area contributed by atoms with Gasteiger partial charge in [-0.1, -0.05) is 20.3 Å². The van der Waals surface area contributed by atoms with E-state index in [1.165, 1.54) is 0 Å². The summed E-state index contributed by atoms with van der Waals surface area (Å²) >= 11 is 0. The molecule has 4 heteroatoms. The Kier molecular flexibility index (Phi) is 4.39. The summed E-state index contributed by atoms with van der Waals surface area (Å²) in [4.78, 5) is 18.3. The molecule has 1 aliphatic rings. The van der Waals surface area contributed by atoms with Crippen molar-refractivity contribution in [1.82, 2.24) is 14.5 Å². The lowest BCUT2D eigenvalue weighted by molar-refractivity contribution is -0.129. The van der Waals surface area contributed by atoms with Gasteiger partial charge in [0.05, 0.1) is 6.67 Å². The van der Waals surface area contributed by atoms with Crippen molar-refractivity contribution >= 4 is 5.91 Å². The third kappa shape index (κ3) is 2.92. The lowest BCUT2D eigenvalue weighted by atomic mass is 10.0. The topological polar surface area (TPSA) is 38.1 Å². The fourth-order valence-electron chi connectivity index (χ4n) is 2.70. The van der Waals surface area contributed by atoms with Crippen molar-refractivity contribution < 1.29 is 4.79 Å². The van der Waals surface area contributed by atoms with Gasteiger partial charge in [0.2, 0.25) is 5.91 Å². The molecule has 100 valence electrons. The summed E-state index contributed by atoms with van der Waals surface area (Å²) in [5.74, 6) is 1.94. The normalized spacial score (nSPS) is 19.8. The summed E-state index contributed by atoms with van der Waals surface area (Å²) in [6.45, 7) is 5.92. The monoisotopic (exact) mass is 249 g/mol. The van der Waals surface area contributed by atoms with Crippen LogP contribution in [0.4, 0.5) is 0 Å². The first kappa shape index (κ1) is 13.1. The smallest absolute Gasteiger partial charge is 0.224 e. The van der Waals surface area contributed by atoms with Crippen molar-refractivity contribution in [3.05, 3.63) is 18.2 Å². The standard InChI is InChI=1S/C14H23N3O/c1-3-5-12-9-14(18)17(10-12)11-16-8-7-15-13(16)6-4-2/h7-8,12H,3-6,9-11H2,1-2H3. The van der Waals surface area contributed by atoms with Crippen LogP contribution >= 0.6 is 0 Å². The predicted molar refractivity (Wildman–Crippen MR) is 71.0 cm³/mol. The second kappa shape index (κ2) is 6.03. The Morgan fingerprint density at radius 3 is 2.94 bits per heavy atom. The van der Waals surface area contributed by atoms with E-state index in [4.69, 9.17) is 0 Å². The summed E-state index contributed by atoms with van der Waals surface area (Å²) in [6.07, 6.45) is 8.93. The van der Waals surface area contributed by atoms with E-state index in [2.05, 4.69) is 23.4 Å². The predicted octanol–water partition coefficient (Wildman–Crippen LogP) is 2.44. The van der Waals surface area contributed by atoms with E-state index in [0.717, 1.165) is 44.5 Å². The quantitative estimate of drug-likeness (QED) is 0.776. The maximum atomic E-state index is 11.9. The van der Waals surface area contributed by atoms with Crippen LogP contribution in [0.3, 0.4) is 0 Å². The first-order chi connectivity index (χ1) is 8.74. The van der Waals surface area contributed by atoms with Crippen molar-refractivity contribution in [2.24, 2.45) is 5.92 Å². The summed E-state index contributed by atoms with van der Waals surface area (Å²) in [7, 11) is 0. The summed E-state index contributed by atoms with van der Waals surface area (Å²) in [6, 6.07) is 0. The van der Waals surface area contributed by atoms with Crippen LogP contribution < -0.4 is 0 Å². The molecule has 1 atom stereocenters. The maximum Gasteiger partial charge on any atom is 0.224 e. The Labute approximate surface area is 109 Å². The van der Waals surface area contributed by atoms with Gasteiger partial charge in [-0.2, -0.15) is 0 Å². The largest absolute Gasteiger partial charge is 0.324 e. The number of carbonyl (C=O) groups excluding carboxylic acids is 1. The maximum absolute atomic E-state index is 11.9. The molecule has 18 heavy (non-hydrogen) atoms. The Bertz CT molecular complexity index is 399. The fourth-order valence-corrected chi connectivity index (χ4v) is 2.70. The number of hydrogen-bond acceptors (Lipinski definition) is 2. The number of aromatic nitrogens is 2. The summed E-state index contributed by atoms with van der Waals surface area (Å²) in [5.41, 5.74) is 0. The van der Waals surface area contributed by atoms with Gasteiger partial charge < -0.3 is 9.47 Å². The Morgan fingerprint density at radius 1 is 1.39 bits per heavy atom. The third-order valence-electron chi connectivity index (χ3n) is 3.59. The lowest BCUT2D eigenvalue weighted by Crippen LogP contribution is -2.28. The van der Waals surface area contributed by atoms with E-state index < -0.39 is 0 Å². The molecule has 4 nitrogen and oxygen atoms in total. The fraction of sp³-hybridized carbons (Fsp3) is 0.714. The Hall–Kier alpha value is -1.32. The number of nitrogens with zero attached hydrogens (tertiary/aromatic N) is 3. The first-order valence-corrected chi connectivity index (χ1v) is 7.02. The minimum atomic E-state index is 0.296. The third-order valence-corrected chi connectivity index (χ3v) is 3.59. The molecule has 1 aliphatic heterocycles. The summed E-state index contributed by atoms with van der Waals surface area (Å²) < 4.78 is 2.11. The zero-order valence-electron chi connectivity index (χ0n) is 11.4. The van der Waals surface area contributed by atoms with Crippen LogP contribution in [0.2, 0.25) is 0 Å². The number of aryl methyl sites for hydroxylation is 1. The van der Waals surface area contributed by atoms with Crippen LogP contribution in [0.1, 0.15) is 45.4 Å². The van der Waals surface area contributed by atoms with Gasteiger partial charge in [-0.3, -0.25) is 4.79 Å². The van der Waals surface area contributed by atoms with Gasteiger partial charge in [0.25, 0.3) is 0 Å². The highest BCUT2D eigenvalue weighted by molar-refractivity contribution is 5.78. The number of likely N-dealkylation sites (tertiary alicyclic amines) is 1. The van der Waals surface area contributed by atoms with Crippen LogP contribution in [0.25, 0.3) is 0 Å². The molecule has 2 rings (SSSR count). The first-order valence-electron chi connectivity index (χ1n) is 7.02. The van der Waals surface area contributed by atoms with Gasteiger partial charge in [-0.15, -0.1) is 0 Å². The molecule has 0 radical (unpaired) electrons. The second-order valence-electron chi connectivity index (χ2n) is 5.18. The van der Waals surface area contributed by atoms with Crippen molar-refractivity contribution in [3.8, 4) is 0 Å². The second-order valence-corrected chi connectivity index (χ2v) is 5.18. The summed E-state index contributed by atoms with van der Waals surface area (Å²) in [5, 5.41) is 0. The van der Waals surface area contributed by atoms with Crippen LogP contribution in [0.15, 0.2) is 12.4 Å². The van der Waals surface area contributed by atoms with Gasteiger partial charge in [0, 0.05) is 31.8 Å². The van der Waals surface area contributed by atoms with Crippen molar-refractivity contribution in [2.75, 3.05) is 6.54 Å². The molecule has 0 bridgehead atoms. The van der Waals surface area contributed by atoms with E-state index in [1.807, 2.05) is 17.3 Å². The lowest BCUT2D eigenvalue weighted by Gasteiger charge is -2.18. The molecule has 0 spiro atoms. The number of imidazole rings is 1. The average molecular weight is 249 g/mol. The highest BCUT2D eigenvalue weighted by Crippen LogP contribution is 2.22. The Balaban J connectivity index is 1.96. The van der Waals surface area contributed by atoms with E-state index in [0.29, 0.717) is 18.5 Å². The van der Waals surface area contributed by atoms with E-state index >= 15 is 0 Å². The zero-order chi connectivity index (χ0) is 13.0. The minimum absolute atomic E-state index is 0.296. The van der Waals surface area contributed by atoms with Crippen molar-refractivity contribution in [2.45, 2.75) is 52.6 Å². The Morgan fingerprint density at radius 2 is 2.22 bits per heavy atom. The number of carbonyl (C=O) groups is 1. The van der Waals surface area contributed by atoms with Crippen molar-refractivity contribution in [3.63, 3.8) is 0 Å². The molecule has 2 heterocycles. The van der Waals surface area contributed by atoms with Crippen LogP contribution in [0, 0.1) is 5.92 Å². The molecule has 1 aromatic heterocycles. The molecule has 1 fully saturated rings. The molecular weight excluding hydrogens is 226 g/mol. The molecule has 0 aliphatic carbocycles. The van der Waals surface area contributed by atoms with Crippen LogP contribution in [-0.2, 0) is 17.9 Å². The average Bonchev–Trinajstić information content (AvgIpc) is 2.89. The molecule has 1 aromatic rings. The van der Waals surface area contributed by atoms with E-state index in [-0.39, 0.29) is 0 Å². The molecular formula is C14H23N3O. The molecule has 0 saturated carbocycles. The van der Waals surface area contributed by atoms with Gasteiger partial charge in [0.1, 0.15) is 5.82 Å². The number of amides is 1. The van der Waals surface area contributed by atoms with E-state index in [9.17, 15) is 4.79 Å². The molecule has 1 amide bonds.